The third-order valence-electron chi connectivity index (χ3n) is 7.38. The largest absolute Gasteiger partial charge is 0.462 e. The molecule has 2 aromatic rings. The highest BCUT2D eigenvalue weighted by atomic mass is 19.4. The predicted molar refractivity (Wildman–Crippen MR) is 120 cm³/mol. The number of nitrogens with zero attached hydrogens (tertiary/aromatic N) is 1. The van der Waals surface area contributed by atoms with Crippen LogP contribution in [0.4, 0.5) is 13.2 Å². The maximum Gasteiger partial charge on any atom is 0.416 e. The first-order valence-corrected chi connectivity index (χ1v) is 11.5. The van der Waals surface area contributed by atoms with E-state index in [9.17, 15) is 18.0 Å². The van der Waals surface area contributed by atoms with Crippen LogP contribution >= 0.6 is 0 Å². The number of hydrogen-bond donors (Lipinski definition) is 0. The Hall–Kier alpha value is -2.89. The zero-order valence-electron chi connectivity index (χ0n) is 18.4. The molecule has 5 rings (SSSR count). The van der Waals surface area contributed by atoms with Crippen LogP contribution in [0.25, 0.3) is 17.2 Å². The molecule has 1 saturated heterocycles. The van der Waals surface area contributed by atoms with Gasteiger partial charge in [0.1, 0.15) is 6.10 Å². The summed E-state index contributed by atoms with van der Waals surface area (Å²) in [5, 5.41) is 0. The molecule has 5 atom stereocenters. The Labute approximate surface area is 191 Å². The first kappa shape index (κ1) is 21.9. The lowest BCUT2D eigenvalue weighted by molar-refractivity contribution is -0.143. The molecule has 0 bridgehead atoms. The van der Waals surface area contributed by atoms with Gasteiger partial charge in [-0.1, -0.05) is 35.9 Å². The lowest BCUT2D eigenvalue weighted by Gasteiger charge is -2.41. The summed E-state index contributed by atoms with van der Waals surface area (Å²) < 4.78 is 44.7. The minimum Gasteiger partial charge on any atom is -0.462 e. The molecule has 0 spiro atoms. The van der Waals surface area contributed by atoms with Crippen molar-refractivity contribution in [1.82, 2.24) is 4.98 Å². The number of cyclic esters (lactones) is 1. The van der Waals surface area contributed by atoms with E-state index in [1.165, 1.54) is 11.6 Å². The Kier molecular flexibility index (Phi) is 5.63. The van der Waals surface area contributed by atoms with Crippen molar-refractivity contribution < 1.29 is 22.7 Å². The van der Waals surface area contributed by atoms with Gasteiger partial charge in [0, 0.05) is 17.7 Å². The van der Waals surface area contributed by atoms with Crippen molar-refractivity contribution in [3.8, 4) is 11.1 Å². The standard InChI is InChI=1S/C27H26F3NO2/c1-16-25-23(22-8-3-2-5-18(22)14-24(25)26(32)33-16)12-11-21-10-9-19(15-31-21)17-6-4-7-20(13-17)27(28,29)30/h4-7,9-13,15-16,22-25H,2-3,8,14H2,1H3/b12-11+/t16-,22?,23+,24?,25?/m1/s1. The first-order chi connectivity index (χ1) is 15.8. The molecule has 2 aliphatic carbocycles. The zero-order chi connectivity index (χ0) is 23.2. The van der Waals surface area contributed by atoms with E-state index in [1.54, 1.807) is 18.3 Å². The van der Waals surface area contributed by atoms with Crippen molar-refractivity contribution in [1.29, 1.82) is 0 Å². The molecule has 1 saturated carbocycles. The van der Waals surface area contributed by atoms with Crippen LogP contribution in [0.5, 0.6) is 0 Å². The average Bonchev–Trinajstić information content (AvgIpc) is 3.09. The van der Waals surface area contributed by atoms with Crippen molar-refractivity contribution in [3.63, 3.8) is 0 Å². The van der Waals surface area contributed by atoms with E-state index in [0.717, 1.165) is 43.5 Å². The summed E-state index contributed by atoms with van der Waals surface area (Å²) in [6, 6.07) is 8.89. The number of allylic oxidation sites excluding steroid dienone is 3. The summed E-state index contributed by atoms with van der Waals surface area (Å²) >= 11 is 0. The third-order valence-corrected chi connectivity index (χ3v) is 7.38. The van der Waals surface area contributed by atoms with Gasteiger partial charge in [0.15, 0.2) is 0 Å². The summed E-state index contributed by atoms with van der Waals surface area (Å²) in [4.78, 5) is 16.9. The highest BCUT2D eigenvalue weighted by molar-refractivity contribution is 5.76. The second kappa shape index (κ2) is 8.47. The van der Waals surface area contributed by atoms with Crippen molar-refractivity contribution in [2.75, 3.05) is 0 Å². The van der Waals surface area contributed by atoms with Crippen molar-refractivity contribution >= 4 is 12.0 Å². The monoisotopic (exact) mass is 453 g/mol. The molecule has 2 heterocycles. The zero-order valence-corrected chi connectivity index (χ0v) is 18.4. The van der Waals surface area contributed by atoms with Gasteiger partial charge >= 0.3 is 12.1 Å². The van der Waals surface area contributed by atoms with Gasteiger partial charge in [-0.15, -0.1) is 0 Å². The molecule has 0 N–H and O–H groups in total. The van der Waals surface area contributed by atoms with Gasteiger partial charge in [0.25, 0.3) is 0 Å². The van der Waals surface area contributed by atoms with Crippen molar-refractivity contribution in [3.05, 3.63) is 71.6 Å². The molecule has 0 amide bonds. The number of pyridine rings is 1. The molecule has 3 unspecified atom stereocenters. The van der Waals surface area contributed by atoms with Crippen molar-refractivity contribution in [2.45, 2.75) is 44.9 Å². The maximum absolute atomic E-state index is 13.0. The van der Waals surface area contributed by atoms with Crippen molar-refractivity contribution in [2.24, 2.45) is 23.7 Å². The van der Waals surface area contributed by atoms with Gasteiger partial charge in [-0.05, 0) is 74.3 Å². The topological polar surface area (TPSA) is 39.2 Å². The van der Waals surface area contributed by atoms with E-state index in [-0.39, 0.29) is 29.8 Å². The molecule has 3 aliphatic rings. The van der Waals surface area contributed by atoms with Gasteiger partial charge in [0.05, 0.1) is 17.2 Å². The minimum absolute atomic E-state index is 0.0773. The molecule has 1 aromatic heterocycles. The Balaban J connectivity index is 1.39. The van der Waals surface area contributed by atoms with E-state index in [1.807, 2.05) is 19.1 Å². The van der Waals surface area contributed by atoms with Crippen LogP contribution in [0.15, 0.2) is 60.3 Å². The van der Waals surface area contributed by atoms with Gasteiger partial charge in [-0.25, -0.2) is 0 Å². The van der Waals surface area contributed by atoms with E-state index >= 15 is 0 Å². The summed E-state index contributed by atoms with van der Waals surface area (Å²) in [5.41, 5.74) is 2.57. The number of hydrogen-bond acceptors (Lipinski definition) is 3. The van der Waals surface area contributed by atoms with E-state index in [4.69, 9.17) is 4.74 Å². The van der Waals surface area contributed by atoms with Crippen LogP contribution in [0, 0.1) is 23.7 Å². The number of halogens is 3. The number of rotatable bonds is 3. The number of carbonyl (C=O) groups is 1. The summed E-state index contributed by atoms with van der Waals surface area (Å²) in [5.74, 6) is 0.642. The molecule has 33 heavy (non-hydrogen) atoms. The molecule has 6 heteroatoms. The molecular weight excluding hydrogens is 427 g/mol. The van der Waals surface area contributed by atoms with Crippen LogP contribution in [0.3, 0.4) is 0 Å². The average molecular weight is 454 g/mol. The molecule has 1 aliphatic heterocycles. The number of ether oxygens (including phenoxy) is 1. The summed E-state index contributed by atoms with van der Waals surface area (Å²) in [6.45, 7) is 1.99. The Morgan fingerprint density at radius 1 is 1.12 bits per heavy atom. The predicted octanol–water partition coefficient (Wildman–Crippen LogP) is 6.70. The molecule has 2 fully saturated rings. The smallest absolute Gasteiger partial charge is 0.416 e. The van der Waals surface area contributed by atoms with E-state index in [2.05, 4.69) is 17.1 Å². The second-order valence-corrected chi connectivity index (χ2v) is 9.33. The van der Waals surface area contributed by atoms with Crippen LogP contribution in [0.2, 0.25) is 0 Å². The van der Waals surface area contributed by atoms with Gasteiger partial charge in [-0.2, -0.15) is 13.2 Å². The molecule has 1 aromatic carbocycles. The SMILES string of the molecule is C[C@H]1OC(=O)C2CC3=CCCCC3[C@H](/C=C/c3ccc(-c4cccc(C(F)(F)F)c4)cn3)C21. The van der Waals surface area contributed by atoms with Gasteiger partial charge < -0.3 is 4.74 Å². The molecule has 0 radical (unpaired) electrons. The third kappa shape index (κ3) is 4.23. The molecule has 3 nitrogen and oxygen atoms in total. The minimum atomic E-state index is -4.38. The highest BCUT2D eigenvalue weighted by Crippen LogP contribution is 2.51. The van der Waals surface area contributed by atoms with E-state index < -0.39 is 11.7 Å². The number of carbonyl (C=O) groups excluding carboxylic acids is 1. The number of fused-ring (bicyclic) bond motifs is 2. The normalized spacial score (nSPS) is 29.4. The fraction of sp³-hybridized carbons (Fsp3) is 0.407. The number of esters is 1. The fourth-order valence-corrected chi connectivity index (χ4v) is 5.81. The van der Waals surface area contributed by atoms with E-state index in [0.29, 0.717) is 17.0 Å². The van der Waals surface area contributed by atoms with Crippen LogP contribution in [-0.2, 0) is 15.7 Å². The lowest BCUT2D eigenvalue weighted by Crippen LogP contribution is -2.38. The number of aromatic nitrogens is 1. The quantitative estimate of drug-likeness (QED) is 0.383. The number of benzene rings is 1. The first-order valence-electron chi connectivity index (χ1n) is 11.5. The Morgan fingerprint density at radius 3 is 2.73 bits per heavy atom. The highest BCUT2D eigenvalue weighted by Gasteiger charge is 2.52. The summed E-state index contributed by atoms with van der Waals surface area (Å²) in [6.07, 6.45) is 7.75. The van der Waals surface area contributed by atoms with Crippen LogP contribution in [-0.4, -0.2) is 17.1 Å². The summed E-state index contributed by atoms with van der Waals surface area (Å²) in [7, 11) is 0. The molecular formula is C27H26F3NO2. The van der Waals surface area contributed by atoms with Crippen LogP contribution < -0.4 is 0 Å². The second-order valence-electron chi connectivity index (χ2n) is 9.33. The Bertz CT molecular complexity index is 1100. The molecule has 172 valence electrons. The van der Waals surface area contributed by atoms with Gasteiger partial charge in [0.2, 0.25) is 0 Å². The fourth-order valence-electron chi connectivity index (χ4n) is 5.81. The van der Waals surface area contributed by atoms with Gasteiger partial charge in [-0.3, -0.25) is 9.78 Å². The van der Waals surface area contributed by atoms with Crippen LogP contribution in [0.1, 0.15) is 43.9 Å². The maximum atomic E-state index is 13.0. The lowest BCUT2D eigenvalue weighted by atomic mass is 9.61. The number of alkyl halides is 3. The Morgan fingerprint density at radius 2 is 1.97 bits per heavy atom.